The summed E-state index contributed by atoms with van der Waals surface area (Å²) in [4.78, 5) is 0. The molecule has 0 bridgehead atoms. The van der Waals surface area contributed by atoms with E-state index in [1.54, 1.807) is 0 Å². The topological polar surface area (TPSA) is 18.5 Å². The van der Waals surface area contributed by atoms with Gasteiger partial charge in [0, 0.05) is 24.7 Å². The lowest BCUT2D eigenvalue weighted by Crippen LogP contribution is -2.00. The third-order valence-electron chi connectivity index (χ3n) is 1.99. The highest BCUT2D eigenvalue weighted by molar-refractivity contribution is 8.76. The van der Waals surface area contributed by atoms with Crippen LogP contribution in [0.1, 0.15) is 39.5 Å². The molecule has 0 aromatic rings. The summed E-state index contributed by atoms with van der Waals surface area (Å²) in [7, 11) is 3.77. The van der Waals surface area contributed by atoms with Crippen molar-refractivity contribution in [3.05, 3.63) is 0 Å². The van der Waals surface area contributed by atoms with E-state index < -0.39 is 0 Å². The highest BCUT2D eigenvalue weighted by Crippen LogP contribution is 2.20. The van der Waals surface area contributed by atoms with E-state index in [0.717, 1.165) is 37.9 Å². The van der Waals surface area contributed by atoms with Gasteiger partial charge in [0.05, 0.1) is 13.2 Å². The second-order valence-corrected chi connectivity index (χ2v) is 6.28. The molecule has 2 nitrogen and oxygen atoms in total. The molecule has 0 aromatic heterocycles. The van der Waals surface area contributed by atoms with Gasteiger partial charge in [-0.25, -0.2) is 0 Å². The van der Waals surface area contributed by atoms with Crippen LogP contribution in [0.2, 0.25) is 0 Å². The van der Waals surface area contributed by atoms with E-state index in [1.807, 2.05) is 21.6 Å². The minimum atomic E-state index is 0.883. The predicted molar refractivity (Wildman–Crippen MR) is 76.4 cm³/mol. The van der Waals surface area contributed by atoms with Crippen molar-refractivity contribution in [2.45, 2.75) is 39.5 Å². The average Bonchev–Trinajstić information content (AvgIpc) is 2.31. The van der Waals surface area contributed by atoms with Crippen molar-refractivity contribution >= 4 is 21.6 Å². The first-order chi connectivity index (χ1) is 7.91. The lowest BCUT2D eigenvalue weighted by atomic mass is 10.4. The first-order valence-electron chi connectivity index (χ1n) is 6.31. The third kappa shape index (κ3) is 14.6. The Morgan fingerprint density at radius 1 is 0.688 bits per heavy atom. The zero-order chi connectivity index (χ0) is 11.9. The third-order valence-corrected chi connectivity index (χ3v) is 4.32. The molecule has 0 saturated carbocycles. The maximum Gasteiger partial charge on any atom is 0.0565 e. The monoisotopic (exact) mass is 266 g/mol. The SMILES string of the molecule is CCCCOCCSSCCOCCCC. The largest absolute Gasteiger partial charge is 0.381 e. The summed E-state index contributed by atoms with van der Waals surface area (Å²) < 4.78 is 10.9. The van der Waals surface area contributed by atoms with E-state index in [9.17, 15) is 0 Å². The molecule has 0 unspecified atom stereocenters. The van der Waals surface area contributed by atoms with Crippen molar-refractivity contribution in [3.8, 4) is 0 Å². The average molecular weight is 266 g/mol. The first kappa shape index (κ1) is 16.6. The van der Waals surface area contributed by atoms with Crippen LogP contribution in [0.3, 0.4) is 0 Å². The number of ether oxygens (including phenoxy) is 2. The maximum absolute atomic E-state index is 5.47. The number of hydrogen-bond donors (Lipinski definition) is 0. The molecular formula is C12H26O2S2. The molecule has 0 aromatic carbocycles. The van der Waals surface area contributed by atoms with Gasteiger partial charge in [0.1, 0.15) is 0 Å². The Kier molecular flexibility index (Phi) is 16.2. The molecule has 0 aliphatic rings. The molecule has 0 spiro atoms. The van der Waals surface area contributed by atoms with Crippen LogP contribution in [0, 0.1) is 0 Å². The summed E-state index contributed by atoms with van der Waals surface area (Å²) in [5.41, 5.74) is 0. The smallest absolute Gasteiger partial charge is 0.0565 e. The fourth-order valence-electron chi connectivity index (χ4n) is 1.00. The van der Waals surface area contributed by atoms with E-state index in [1.165, 1.54) is 25.7 Å². The van der Waals surface area contributed by atoms with Gasteiger partial charge in [0.2, 0.25) is 0 Å². The van der Waals surface area contributed by atoms with Crippen LogP contribution in [0.15, 0.2) is 0 Å². The normalized spacial score (nSPS) is 10.9. The molecule has 0 radical (unpaired) electrons. The Balaban J connectivity index is 2.83. The van der Waals surface area contributed by atoms with Gasteiger partial charge in [-0.05, 0) is 12.8 Å². The van der Waals surface area contributed by atoms with Crippen molar-refractivity contribution in [1.82, 2.24) is 0 Å². The molecule has 0 aliphatic carbocycles. The minimum absolute atomic E-state index is 0.883. The highest BCUT2D eigenvalue weighted by Gasteiger charge is 1.92. The van der Waals surface area contributed by atoms with E-state index in [0.29, 0.717) is 0 Å². The summed E-state index contributed by atoms with van der Waals surface area (Å²) in [5.74, 6) is 2.17. The van der Waals surface area contributed by atoms with Gasteiger partial charge in [0.15, 0.2) is 0 Å². The molecule has 0 rings (SSSR count). The number of hydrogen-bond acceptors (Lipinski definition) is 4. The van der Waals surface area contributed by atoms with Crippen LogP contribution in [-0.2, 0) is 9.47 Å². The molecule has 0 N–H and O–H groups in total. The minimum Gasteiger partial charge on any atom is -0.381 e. The molecule has 0 heterocycles. The van der Waals surface area contributed by atoms with E-state index >= 15 is 0 Å². The van der Waals surface area contributed by atoms with Crippen molar-refractivity contribution in [1.29, 1.82) is 0 Å². The molecule has 0 atom stereocenters. The van der Waals surface area contributed by atoms with Crippen LogP contribution >= 0.6 is 21.6 Å². The Morgan fingerprint density at radius 3 is 1.50 bits per heavy atom. The Labute approximate surface area is 109 Å². The number of unbranched alkanes of at least 4 members (excludes halogenated alkanes) is 2. The summed E-state index contributed by atoms with van der Waals surface area (Å²) in [6, 6.07) is 0. The predicted octanol–water partition coefficient (Wildman–Crippen LogP) is 4.00. The van der Waals surface area contributed by atoms with Crippen LogP contribution in [0.25, 0.3) is 0 Å². The summed E-state index contributed by atoms with van der Waals surface area (Å²) >= 11 is 0. The lowest BCUT2D eigenvalue weighted by Gasteiger charge is -2.04. The van der Waals surface area contributed by atoms with Crippen LogP contribution in [0.4, 0.5) is 0 Å². The van der Waals surface area contributed by atoms with Gasteiger partial charge >= 0.3 is 0 Å². The van der Waals surface area contributed by atoms with Crippen LogP contribution < -0.4 is 0 Å². The molecular weight excluding hydrogens is 240 g/mol. The van der Waals surface area contributed by atoms with Crippen LogP contribution in [0.5, 0.6) is 0 Å². The van der Waals surface area contributed by atoms with Crippen LogP contribution in [-0.4, -0.2) is 37.9 Å². The van der Waals surface area contributed by atoms with Crippen molar-refractivity contribution < 1.29 is 9.47 Å². The van der Waals surface area contributed by atoms with Crippen molar-refractivity contribution in [3.63, 3.8) is 0 Å². The summed E-state index contributed by atoms with van der Waals surface area (Å²) in [5, 5.41) is 0. The molecule has 0 amide bonds. The Hall–Kier alpha value is 0.620. The Bertz CT molecular complexity index is 110. The first-order valence-corrected chi connectivity index (χ1v) is 8.80. The second kappa shape index (κ2) is 15.6. The van der Waals surface area contributed by atoms with Crippen molar-refractivity contribution in [2.75, 3.05) is 37.9 Å². The van der Waals surface area contributed by atoms with Gasteiger partial charge in [-0.15, -0.1) is 0 Å². The summed E-state index contributed by atoms with van der Waals surface area (Å²) in [6.07, 6.45) is 4.81. The van der Waals surface area contributed by atoms with E-state index in [4.69, 9.17) is 9.47 Å². The maximum atomic E-state index is 5.47. The van der Waals surface area contributed by atoms with Gasteiger partial charge in [-0.3, -0.25) is 0 Å². The summed E-state index contributed by atoms with van der Waals surface area (Å²) in [6.45, 7) is 7.98. The molecule has 16 heavy (non-hydrogen) atoms. The van der Waals surface area contributed by atoms with Gasteiger partial charge < -0.3 is 9.47 Å². The van der Waals surface area contributed by atoms with Crippen molar-refractivity contribution in [2.24, 2.45) is 0 Å². The quantitative estimate of drug-likeness (QED) is 0.370. The zero-order valence-corrected chi connectivity index (χ0v) is 12.3. The second-order valence-electron chi connectivity index (χ2n) is 3.58. The molecule has 0 fully saturated rings. The standard InChI is InChI=1S/C12H26O2S2/c1-3-5-7-13-9-11-15-16-12-10-14-8-6-4-2/h3-12H2,1-2H3. The van der Waals surface area contributed by atoms with Gasteiger partial charge in [-0.2, -0.15) is 0 Å². The Morgan fingerprint density at radius 2 is 1.12 bits per heavy atom. The molecule has 98 valence electrons. The van der Waals surface area contributed by atoms with E-state index in [-0.39, 0.29) is 0 Å². The zero-order valence-electron chi connectivity index (χ0n) is 10.7. The number of rotatable bonds is 13. The van der Waals surface area contributed by atoms with Gasteiger partial charge in [-0.1, -0.05) is 48.3 Å². The molecule has 4 heteroatoms. The fourth-order valence-corrected chi connectivity index (χ4v) is 2.72. The van der Waals surface area contributed by atoms with Gasteiger partial charge in [0.25, 0.3) is 0 Å². The highest BCUT2D eigenvalue weighted by atomic mass is 33.1. The lowest BCUT2D eigenvalue weighted by molar-refractivity contribution is 0.146. The van der Waals surface area contributed by atoms with E-state index in [2.05, 4.69) is 13.8 Å². The fraction of sp³-hybridized carbons (Fsp3) is 1.00. The molecule has 0 aliphatic heterocycles. The molecule has 0 saturated heterocycles.